The molecule has 1 saturated heterocycles. The minimum absolute atomic E-state index is 0.00403. The maximum atomic E-state index is 13.6. The average Bonchev–Trinajstić information content (AvgIpc) is 2.57. The van der Waals surface area contributed by atoms with Crippen molar-refractivity contribution in [2.45, 2.75) is 0 Å². The second kappa shape index (κ2) is 6.70. The average molecular weight is 315 g/mol. The number of halogens is 1. The number of hydrogen-bond acceptors (Lipinski definition) is 5. The van der Waals surface area contributed by atoms with E-state index in [1.165, 1.54) is 12.1 Å². The molecular formula is C16H18FN5O. The van der Waals surface area contributed by atoms with Gasteiger partial charge in [0, 0.05) is 26.2 Å². The highest BCUT2D eigenvalue weighted by Crippen LogP contribution is 2.14. The Morgan fingerprint density at radius 3 is 2.43 bits per heavy atom. The largest absolute Gasteiger partial charge is 0.338 e. The van der Waals surface area contributed by atoms with Crippen molar-refractivity contribution in [1.29, 1.82) is 0 Å². The normalized spacial score (nSPS) is 15.5. The molecule has 1 aliphatic rings. The van der Waals surface area contributed by atoms with Crippen LogP contribution in [0.3, 0.4) is 0 Å². The highest BCUT2D eigenvalue weighted by atomic mass is 19.1. The topological polar surface area (TPSA) is 61.4 Å². The van der Waals surface area contributed by atoms with Gasteiger partial charge in [-0.1, -0.05) is 12.1 Å². The van der Waals surface area contributed by atoms with Crippen molar-refractivity contribution in [3.05, 3.63) is 48.0 Å². The number of carbonyl (C=O) groups is 1. The zero-order chi connectivity index (χ0) is 16.2. The summed E-state index contributed by atoms with van der Waals surface area (Å²) in [5.41, 5.74) is 0.437. The molecule has 6 nitrogen and oxygen atoms in total. The molecule has 0 saturated carbocycles. The van der Waals surface area contributed by atoms with Crippen molar-refractivity contribution in [2.24, 2.45) is 0 Å². The second-order valence-electron chi connectivity index (χ2n) is 5.50. The van der Waals surface area contributed by atoms with E-state index in [-0.39, 0.29) is 5.56 Å². The molecule has 1 aromatic carbocycles. The maximum Gasteiger partial charge on any atom is 0.258 e. The third-order valence-corrected chi connectivity index (χ3v) is 3.80. The first-order chi connectivity index (χ1) is 11.1. The van der Waals surface area contributed by atoms with Crippen LogP contribution in [0.25, 0.3) is 0 Å². The summed E-state index contributed by atoms with van der Waals surface area (Å²) in [6, 6.07) is 5.84. The molecule has 23 heavy (non-hydrogen) atoms. The van der Waals surface area contributed by atoms with Crippen LogP contribution in [0.2, 0.25) is 0 Å². The van der Waals surface area contributed by atoms with Gasteiger partial charge in [0.05, 0.1) is 23.6 Å². The quantitative estimate of drug-likeness (QED) is 0.932. The third-order valence-electron chi connectivity index (χ3n) is 3.80. The number of aromatic nitrogens is 2. The number of likely N-dealkylation sites (N-methyl/N-ethyl adjacent to an activating group) is 1. The van der Waals surface area contributed by atoms with E-state index >= 15 is 0 Å². The molecule has 0 bridgehead atoms. The summed E-state index contributed by atoms with van der Waals surface area (Å²) in [7, 11) is 2.08. The molecule has 1 aromatic heterocycles. The molecule has 2 heterocycles. The molecule has 7 heteroatoms. The van der Waals surface area contributed by atoms with Gasteiger partial charge in [0.2, 0.25) is 5.95 Å². The Hall–Kier alpha value is -2.54. The van der Waals surface area contributed by atoms with Gasteiger partial charge >= 0.3 is 0 Å². The van der Waals surface area contributed by atoms with Crippen LogP contribution in [0.4, 0.5) is 16.0 Å². The molecule has 0 radical (unpaired) electrons. The molecule has 120 valence electrons. The first kappa shape index (κ1) is 15.4. The fourth-order valence-electron chi connectivity index (χ4n) is 2.40. The monoisotopic (exact) mass is 315 g/mol. The lowest BCUT2D eigenvalue weighted by Gasteiger charge is -2.32. The predicted octanol–water partition coefficient (Wildman–Crippen LogP) is 1.62. The van der Waals surface area contributed by atoms with Gasteiger partial charge < -0.3 is 15.1 Å². The molecule has 0 spiro atoms. The minimum Gasteiger partial charge on any atom is -0.338 e. The lowest BCUT2D eigenvalue weighted by molar-refractivity contribution is 0.102. The van der Waals surface area contributed by atoms with E-state index in [2.05, 4.69) is 32.1 Å². The summed E-state index contributed by atoms with van der Waals surface area (Å²) in [6.07, 6.45) is 3.08. The standard InChI is InChI=1S/C16H18FN5O/c1-21-6-8-22(9-7-21)16-18-10-12(11-19-16)20-15(23)13-4-2-3-5-14(13)17/h2-5,10-11H,6-9H2,1H3,(H,20,23). The van der Waals surface area contributed by atoms with Crippen molar-refractivity contribution < 1.29 is 9.18 Å². The first-order valence-corrected chi connectivity index (χ1v) is 7.45. The van der Waals surface area contributed by atoms with Crippen LogP contribution < -0.4 is 10.2 Å². The van der Waals surface area contributed by atoms with E-state index in [1.54, 1.807) is 24.5 Å². The predicted molar refractivity (Wildman–Crippen MR) is 86.1 cm³/mol. The van der Waals surface area contributed by atoms with Crippen LogP contribution >= 0.6 is 0 Å². The van der Waals surface area contributed by atoms with Gasteiger partial charge in [0.25, 0.3) is 5.91 Å². The fraction of sp³-hybridized carbons (Fsp3) is 0.312. The van der Waals surface area contributed by atoms with E-state index in [9.17, 15) is 9.18 Å². The Morgan fingerprint density at radius 2 is 1.78 bits per heavy atom. The van der Waals surface area contributed by atoms with Crippen LogP contribution in [0.5, 0.6) is 0 Å². The number of rotatable bonds is 3. The zero-order valence-electron chi connectivity index (χ0n) is 12.9. The summed E-state index contributed by atoms with van der Waals surface area (Å²) in [4.78, 5) is 25.0. The van der Waals surface area contributed by atoms with Crippen LogP contribution in [0.1, 0.15) is 10.4 Å². The number of nitrogens with zero attached hydrogens (tertiary/aromatic N) is 4. The van der Waals surface area contributed by atoms with Gasteiger partial charge in [-0.05, 0) is 19.2 Å². The second-order valence-corrected chi connectivity index (χ2v) is 5.50. The summed E-state index contributed by atoms with van der Waals surface area (Å²) >= 11 is 0. The van der Waals surface area contributed by atoms with Gasteiger partial charge in [0.15, 0.2) is 0 Å². The Balaban J connectivity index is 1.66. The summed E-state index contributed by atoms with van der Waals surface area (Å²) in [5.74, 6) is -0.430. The van der Waals surface area contributed by atoms with E-state index in [0.29, 0.717) is 11.6 Å². The van der Waals surface area contributed by atoms with Gasteiger partial charge in [-0.2, -0.15) is 0 Å². The number of benzene rings is 1. The van der Waals surface area contributed by atoms with E-state index in [1.807, 2.05) is 0 Å². The van der Waals surface area contributed by atoms with Crippen molar-refractivity contribution in [2.75, 3.05) is 43.4 Å². The molecule has 1 amide bonds. The molecular weight excluding hydrogens is 297 g/mol. The molecule has 2 aromatic rings. The van der Waals surface area contributed by atoms with Crippen molar-refractivity contribution in [3.63, 3.8) is 0 Å². The summed E-state index contributed by atoms with van der Waals surface area (Å²) in [5, 5.41) is 2.61. The highest BCUT2D eigenvalue weighted by molar-refractivity contribution is 6.04. The molecule has 3 rings (SSSR count). The van der Waals surface area contributed by atoms with E-state index in [4.69, 9.17) is 0 Å². The maximum absolute atomic E-state index is 13.6. The lowest BCUT2D eigenvalue weighted by Crippen LogP contribution is -2.45. The number of anilines is 2. The molecule has 0 unspecified atom stereocenters. The molecule has 1 aliphatic heterocycles. The Morgan fingerprint density at radius 1 is 1.13 bits per heavy atom. The van der Waals surface area contributed by atoms with Crippen LogP contribution in [-0.4, -0.2) is 54.0 Å². The van der Waals surface area contributed by atoms with Crippen LogP contribution in [0, 0.1) is 5.82 Å². The smallest absolute Gasteiger partial charge is 0.258 e. The fourth-order valence-corrected chi connectivity index (χ4v) is 2.40. The number of hydrogen-bond donors (Lipinski definition) is 1. The third kappa shape index (κ3) is 3.62. The zero-order valence-corrected chi connectivity index (χ0v) is 12.9. The number of piperazine rings is 1. The van der Waals surface area contributed by atoms with Crippen LogP contribution in [-0.2, 0) is 0 Å². The molecule has 0 aliphatic carbocycles. The van der Waals surface area contributed by atoms with Gasteiger partial charge in [-0.3, -0.25) is 4.79 Å². The Labute approximate surface area is 134 Å². The SMILES string of the molecule is CN1CCN(c2ncc(NC(=O)c3ccccc3F)cn2)CC1. The Kier molecular flexibility index (Phi) is 4.47. The molecule has 1 fully saturated rings. The van der Waals surface area contributed by atoms with E-state index in [0.717, 1.165) is 26.2 Å². The van der Waals surface area contributed by atoms with Gasteiger partial charge in [-0.15, -0.1) is 0 Å². The number of amides is 1. The van der Waals surface area contributed by atoms with E-state index < -0.39 is 11.7 Å². The highest BCUT2D eigenvalue weighted by Gasteiger charge is 2.16. The molecule has 1 N–H and O–H groups in total. The first-order valence-electron chi connectivity index (χ1n) is 7.45. The summed E-state index contributed by atoms with van der Waals surface area (Å²) < 4.78 is 13.6. The lowest BCUT2D eigenvalue weighted by atomic mass is 10.2. The Bertz CT molecular complexity index is 683. The summed E-state index contributed by atoms with van der Waals surface area (Å²) in [6.45, 7) is 3.68. The molecule has 0 atom stereocenters. The van der Waals surface area contributed by atoms with Crippen molar-refractivity contribution in [1.82, 2.24) is 14.9 Å². The van der Waals surface area contributed by atoms with Crippen LogP contribution in [0.15, 0.2) is 36.7 Å². The number of nitrogens with one attached hydrogen (secondary N) is 1. The van der Waals surface area contributed by atoms with Crippen molar-refractivity contribution >= 4 is 17.5 Å². The minimum atomic E-state index is -0.556. The van der Waals surface area contributed by atoms with Crippen molar-refractivity contribution in [3.8, 4) is 0 Å². The van der Waals surface area contributed by atoms with Gasteiger partial charge in [0.1, 0.15) is 5.82 Å². The number of carbonyl (C=O) groups excluding carboxylic acids is 1. The van der Waals surface area contributed by atoms with Gasteiger partial charge in [-0.25, -0.2) is 14.4 Å².